The lowest BCUT2D eigenvalue weighted by atomic mass is 10.00. The molecule has 1 aliphatic rings. The first-order valence-corrected chi connectivity index (χ1v) is 14.5. The van der Waals surface area contributed by atoms with E-state index < -0.39 is 35.8 Å². The average molecular weight is 584 g/mol. The van der Waals surface area contributed by atoms with Gasteiger partial charge in [-0.1, -0.05) is 44.2 Å². The first kappa shape index (κ1) is 32.1. The lowest BCUT2D eigenvalue weighted by Crippen LogP contribution is -2.55. The molecule has 0 spiro atoms. The van der Waals surface area contributed by atoms with Crippen LogP contribution < -0.4 is 20.1 Å². The number of alkyl carbamates (subject to hydrolysis) is 1. The molecule has 2 amide bonds. The van der Waals surface area contributed by atoms with Crippen LogP contribution in [0.3, 0.4) is 0 Å². The average Bonchev–Trinajstić information content (AvgIpc) is 3.35. The maximum atomic E-state index is 13.4. The number of nitrogens with one attached hydrogen (secondary N) is 2. The zero-order valence-corrected chi connectivity index (χ0v) is 25.2. The van der Waals surface area contributed by atoms with Gasteiger partial charge in [-0.3, -0.25) is 4.79 Å². The van der Waals surface area contributed by atoms with E-state index in [0.717, 1.165) is 10.5 Å². The summed E-state index contributed by atoms with van der Waals surface area (Å²) < 4.78 is 18.3. The minimum Gasteiger partial charge on any atom is -0.454 e. The van der Waals surface area contributed by atoms with E-state index >= 15 is 0 Å². The zero-order chi connectivity index (χ0) is 30.0. The van der Waals surface area contributed by atoms with E-state index in [0.29, 0.717) is 30.4 Å². The van der Waals surface area contributed by atoms with Crippen LogP contribution in [0, 0.1) is 18.3 Å². The summed E-state index contributed by atoms with van der Waals surface area (Å²) in [6, 6.07) is 13.7. The number of carbonyl (C=O) groups excluding carboxylic acids is 2. The molecule has 1 heterocycles. The Hall–Kier alpha value is -3.39. The van der Waals surface area contributed by atoms with Gasteiger partial charge in [0.1, 0.15) is 11.6 Å². The van der Waals surface area contributed by atoms with Crippen molar-refractivity contribution in [2.45, 2.75) is 76.1 Å². The number of amides is 2. The summed E-state index contributed by atoms with van der Waals surface area (Å²) >= 11 is 1.51. The van der Waals surface area contributed by atoms with Gasteiger partial charge < -0.3 is 30.0 Å². The number of fused-ring (bicyclic) bond motifs is 1. The number of rotatable bonds is 13. The van der Waals surface area contributed by atoms with Crippen LogP contribution in [-0.4, -0.2) is 65.1 Å². The van der Waals surface area contributed by atoms with Crippen molar-refractivity contribution in [1.29, 1.82) is 0 Å². The Kier molecular flexibility index (Phi) is 11.8. The zero-order valence-electron chi connectivity index (χ0n) is 24.4. The second kappa shape index (κ2) is 15.0. The molecule has 0 aliphatic carbocycles. The maximum Gasteiger partial charge on any atom is 0.408 e. The van der Waals surface area contributed by atoms with Crippen LogP contribution in [0.1, 0.15) is 46.6 Å². The number of aliphatic hydroxyl groups is 1. The minimum absolute atomic E-state index is 0.0291. The van der Waals surface area contributed by atoms with Crippen molar-refractivity contribution in [1.82, 2.24) is 14.9 Å². The predicted molar refractivity (Wildman–Crippen MR) is 160 cm³/mol. The Morgan fingerprint density at radius 3 is 2.46 bits per heavy atom. The number of benzene rings is 2. The van der Waals surface area contributed by atoms with E-state index in [9.17, 15) is 14.7 Å². The third kappa shape index (κ3) is 10.8. The Labute approximate surface area is 247 Å². The van der Waals surface area contributed by atoms with Crippen molar-refractivity contribution in [2.75, 3.05) is 19.9 Å². The molecule has 0 unspecified atom stereocenters. The summed E-state index contributed by atoms with van der Waals surface area (Å²) in [4.78, 5) is 26.7. The highest BCUT2D eigenvalue weighted by Crippen LogP contribution is 2.36. The SMILES string of the molecule is C#CC[C@H](NC(=O)OC(C)(C)C)C(=O)N[C@@H](Cc1ccccc1)[C@H](O)CN(CC(C)C)Sc1ccc2c(c1)OCO2. The standard InChI is InChI=1S/C31H41N3O6S/c1-7-11-24(33-30(37)40-31(4,5)6)29(36)32-25(16-22-12-9-8-10-13-22)26(35)19-34(18-21(2)3)41-23-14-15-27-28(17-23)39-20-38-27/h1,8-10,12-15,17,21,24-26,35H,11,16,18-20H2,2-6H3,(H,32,36)(H,33,37)/t24-,25-,26+/m0/s1. The van der Waals surface area contributed by atoms with Crippen molar-refractivity contribution in [3.8, 4) is 23.8 Å². The number of carbonyl (C=O) groups is 2. The first-order valence-electron chi connectivity index (χ1n) is 13.7. The number of terminal acetylenes is 1. The maximum absolute atomic E-state index is 13.4. The molecule has 9 nitrogen and oxygen atoms in total. The van der Waals surface area contributed by atoms with Gasteiger partial charge in [-0.2, -0.15) is 0 Å². The molecule has 2 aromatic carbocycles. The number of ether oxygens (including phenoxy) is 3. The van der Waals surface area contributed by atoms with Crippen LogP contribution >= 0.6 is 11.9 Å². The van der Waals surface area contributed by atoms with Gasteiger partial charge in [-0.05, 0) is 68.8 Å². The summed E-state index contributed by atoms with van der Waals surface area (Å²) in [5, 5.41) is 17.0. The van der Waals surface area contributed by atoms with E-state index in [1.807, 2.05) is 48.5 Å². The van der Waals surface area contributed by atoms with Crippen LogP contribution in [0.5, 0.6) is 11.5 Å². The van der Waals surface area contributed by atoms with Crippen LogP contribution in [0.2, 0.25) is 0 Å². The highest BCUT2D eigenvalue weighted by Gasteiger charge is 2.30. The highest BCUT2D eigenvalue weighted by atomic mass is 32.2. The number of nitrogens with zero attached hydrogens (tertiary/aromatic N) is 1. The van der Waals surface area contributed by atoms with Gasteiger partial charge in [-0.15, -0.1) is 12.3 Å². The van der Waals surface area contributed by atoms with Gasteiger partial charge in [0.2, 0.25) is 12.7 Å². The minimum atomic E-state index is -1.02. The predicted octanol–water partition coefficient (Wildman–Crippen LogP) is 4.39. The van der Waals surface area contributed by atoms with Gasteiger partial charge >= 0.3 is 6.09 Å². The molecular weight excluding hydrogens is 542 g/mol. The van der Waals surface area contributed by atoms with Crippen molar-refractivity contribution in [3.63, 3.8) is 0 Å². The molecule has 3 N–H and O–H groups in total. The quantitative estimate of drug-likeness (QED) is 0.235. The molecule has 3 atom stereocenters. The first-order chi connectivity index (χ1) is 19.4. The van der Waals surface area contributed by atoms with Gasteiger partial charge in [0, 0.05) is 24.4 Å². The fraction of sp³-hybridized carbons (Fsp3) is 0.484. The van der Waals surface area contributed by atoms with Gasteiger partial charge in [-0.25, -0.2) is 9.10 Å². The largest absolute Gasteiger partial charge is 0.454 e. The molecule has 3 rings (SSSR count). The lowest BCUT2D eigenvalue weighted by molar-refractivity contribution is -0.124. The molecule has 222 valence electrons. The second-order valence-electron chi connectivity index (χ2n) is 11.3. The molecular formula is C31H41N3O6S. The van der Waals surface area contributed by atoms with Crippen molar-refractivity contribution >= 4 is 23.9 Å². The monoisotopic (exact) mass is 583 g/mol. The molecule has 41 heavy (non-hydrogen) atoms. The summed E-state index contributed by atoms with van der Waals surface area (Å²) in [6.07, 6.45) is 4.18. The Morgan fingerprint density at radius 2 is 1.80 bits per heavy atom. The van der Waals surface area contributed by atoms with E-state index in [1.165, 1.54) is 11.9 Å². The molecule has 1 aliphatic heterocycles. The molecule has 10 heteroatoms. The van der Waals surface area contributed by atoms with Crippen LogP contribution in [0.25, 0.3) is 0 Å². The summed E-state index contributed by atoms with van der Waals surface area (Å²) in [5.41, 5.74) is 0.215. The van der Waals surface area contributed by atoms with Crippen molar-refractivity contribution in [2.24, 2.45) is 5.92 Å². The van der Waals surface area contributed by atoms with Gasteiger partial charge in [0.25, 0.3) is 0 Å². The topological polar surface area (TPSA) is 109 Å². The normalized spacial score (nSPS) is 14.7. The van der Waals surface area contributed by atoms with Crippen molar-refractivity contribution < 1.29 is 28.9 Å². The van der Waals surface area contributed by atoms with E-state index in [1.54, 1.807) is 20.8 Å². The van der Waals surface area contributed by atoms with E-state index in [-0.39, 0.29) is 19.8 Å². The molecule has 2 aromatic rings. The van der Waals surface area contributed by atoms with Crippen molar-refractivity contribution in [3.05, 3.63) is 54.1 Å². The molecule has 0 saturated carbocycles. The third-order valence-corrected chi connectivity index (χ3v) is 6.98. The van der Waals surface area contributed by atoms with Crippen LogP contribution in [-0.2, 0) is 16.0 Å². The van der Waals surface area contributed by atoms with E-state index in [2.05, 4.69) is 34.7 Å². The Bertz CT molecular complexity index is 1190. The third-order valence-electron chi connectivity index (χ3n) is 5.96. The highest BCUT2D eigenvalue weighted by molar-refractivity contribution is 7.97. The number of aliphatic hydroxyl groups excluding tert-OH is 1. The fourth-order valence-electron chi connectivity index (χ4n) is 4.19. The number of hydrogen-bond donors (Lipinski definition) is 3. The second-order valence-corrected chi connectivity index (χ2v) is 12.5. The number of hydrogen-bond acceptors (Lipinski definition) is 8. The molecule has 0 bridgehead atoms. The van der Waals surface area contributed by atoms with Gasteiger partial charge in [0.15, 0.2) is 11.5 Å². The molecule has 0 saturated heterocycles. The Morgan fingerprint density at radius 1 is 1.10 bits per heavy atom. The van der Waals surface area contributed by atoms with E-state index in [4.69, 9.17) is 20.6 Å². The smallest absolute Gasteiger partial charge is 0.408 e. The van der Waals surface area contributed by atoms with Crippen LogP contribution in [0.4, 0.5) is 4.79 Å². The summed E-state index contributed by atoms with van der Waals surface area (Å²) in [5.74, 6) is 3.67. The lowest BCUT2D eigenvalue weighted by Gasteiger charge is -2.31. The van der Waals surface area contributed by atoms with Gasteiger partial charge in [0.05, 0.1) is 12.1 Å². The molecule has 0 fully saturated rings. The Balaban J connectivity index is 1.77. The molecule has 0 radical (unpaired) electrons. The molecule has 0 aromatic heterocycles. The summed E-state index contributed by atoms with van der Waals surface area (Å²) in [6.45, 7) is 10.6. The van der Waals surface area contributed by atoms with Crippen LogP contribution in [0.15, 0.2) is 53.4 Å². The fourth-order valence-corrected chi connectivity index (χ4v) is 5.37. The summed E-state index contributed by atoms with van der Waals surface area (Å²) in [7, 11) is 0.